The number of nitrogens with zero attached hydrogens (tertiary/aromatic N) is 1. The van der Waals surface area contributed by atoms with Crippen molar-refractivity contribution in [3.05, 3.63) is 69.3 Å². The number of rotatable bonds is 4. The molecule has 1 amide bonds. The van der Waals surface area contributed by atoms with Crippen LogP contribution in [0.3, 0.4) is 0 Å². The highest BCUT2D eigenvalue weighted by molar-refractivity contribution is 9.10. The second kappa shape index (κ2) is 7.28. The lowest BCUT2D eigenvalue weighted by Gasteiger charge is -2.00. The number of anilines is 1. The SMILES string of the molecule is O=C(/C=C/C(=O)c1ccc(Br)cc1)Nc1ccc(Br)cn1. The quantitative estimate of drug-likeness (QED) is 0.613. The molecule has 0 saturated carbocycles. The summed E-state index contributed by atoms with van der Waals surface area (Å²) in [6.45, 7) is 0. The third-order valence-electron chi connectivity index (χ3n) is 2.49. The summed E-state index contributed by atoms with van der Waals surface area (Å²) in [6, 6.07) is 10.3. The second-order valence-corrected chi connectivity index (χ2v) is 5.89. The fourth-order valence-electron chi connectivity index (χ4n) is 1.48. The maximum atomic E-state index is 11.9. The molecule has 6 heteroatoms. The third-order valence-corrected chi connectivity index (χ3v) is 3.49. The molecule has 0 fully saturated rings. The zero-order valence-corrected chi connectivity index (χ0v) is 13.9. The normalized spacial score (nSPS) is 10.6. The third kappa shape index (κ3) is 4.91. The Morgan fingerprint density at radius 2 is 1.62 bits per heavy atom. The van der Waals surface area contributed by atoms with Crippen LogP contribution in [0.4, 0.5) is 5.82 Å². The maximum Gasteiger partial charge on any atom is 0.249 e. The Bertz CT molecular complexity index is 680. The minimum atomic E-state index is -0.407. The molecule has 0 radical (unpaired) electrons. The van der Waals surface area contributed by atoms with Gasteiger partial charge in [-0.1, -0.05) is 15.9 Å². The van der Waals surface area contributed by atoms with E-state index < -0.39 is 5.91 Å². The van der Waals surface area contributed by atoms with Crippen LogP contribution < -0.4 is 5.32 Å². The number of amides is 1. The summed E-state index contributed by atoms with van der Waals surface area (Å²) in [4.78, 5) is 27.5. The highest BCUT2D eigenvalue weighted by Crippen LogP contribution is 2.12. The standard InChI is InChI=1S/C15H10Br2N2O2/c16-11-3-1-10(2-4-11)13(20)6-8-15(21)19-14-7-5-12(17)9-18-14/h1-9H,(H,18,19,21)/b8-6+. The molecule has 0 bridgehead atoms. The zero-order chi connectivity index (χ0) is 15.2. The summed E-state index contributed by atoms with van der Waals surface area (Å²) >= 11 is 6.55. The van der Waals surface area contributed by atoms with Crippen LogP contribution in [0.2, 0.25) is 0 Å². The molecule has 2 aromatic rings. The van der Waals surface area contributed by atoms with Gasteiger partial charge >= 0.3 is 0 Å². The number of ketones is 1. The average Bonchev–Trinajstić information content (AvgIpc) is 2.48. The summed E-state index contributed by atoms with van der Waals surface area (Å²) in [7, 11) is 0. The van der Waals surface area contributed by atoms with Crippen molar-refractivity contribution in [2.75, 3.05) is 5.32 Å². The lowest BCUT2D eigenvalue weighted by molar-refractivity contribution is -0.111. The number of carbonyl (C=O) groups excluding carboxylic acids is 2. The van der Waals surface area contributed by atoms with Gasteiger partial charge in [0.05, 0.1) is 0 Å². The largest absolute Gasteiger partial charge is 0.307 e. The Morgan fingerprint density at radius 1 is 0.952 bits per heavy atom. The van der Waals surface area contributed by atoms with Crippen LogP contribution in [0, 0.1) is 0 Å². The predicted octanol–water partition coefficient (Wildman–Crippen LogP) is 3.98. The van der Waals surface area contributed by atoms with E-state index >= 15 is 0 Å². The highest BCUT2D eigenvalue weighted by Gasteiger charge is 2.03. The second-order valence-electron chi connectivity index (χ2n) is 4.06. The first-order valence-corrected chi connectivity index (χ1v) is 7.54. The Morgan fingerprint density at radius 3 is 2.24 bits per heavy atom. The van der Waals surface area contributed by atoms with Crippen molar-refractivity contribution >= 4 is 49.4 Å². The van der Waals surface area contributed by atoms with E-state index in [0.717, 1.165) is 8.95 Å². The molecule has 0 unspecified atom stereocenters. The lowest BCUT2D eigenvalue weighted by atomic mass is 10.1. The molecule has 0 atom stereocenters. The molecule has 106 valence electrons. The van der Waals surface area contributed by atoms with Gasteiger partial charge in [0.25, 0.3) is 0 Å². The molecule has 0 aliphatic carbocycles. The van der Waals surface area contributed by atoms with Gasteiger partial charge in [-0.3, -0.25) is 9.59 Å². The molecule has 1 aromatic carbocycles. The molecule has 0 saturated heterocycles. The monoisotopic (exact) mass is 408 g/mol. The Hall–Kier alpha value is -1.79. The van der Waals surface area contributed by atoms with Gasteiger partial charge in [-0.2, -0.15) is 0 Å². The Kier molecular flexibility index (Phi) is 5.41. The smallest absolute Gasteiger partial charge is 0.249 e. The van der Waals surface area contributed by atoms with Gasteiger partial charge in [-0.15, -0.1) is 0 Å². The van der Waals surface area contributed by atoms with Crippen LogP contribution in [0.5, 0.6) is 0 Å². The first kappa shape index (κ1) is 15.6. The molecule has 21 heavy (non-hydrogen) atoms. The number of aromatic nitrogens is 1. The molecule has 1 N–H and O–H groups in total. The van der Waals surface area contributed by atoms with Gasteiger partial charge in [-0.05, 0) is 58.4 Å². The molecule has 4 nitrogen and oxygen atoms in total. The molecule has 1 aromatic heterocycles. The van der Waals surface area contributed by atoms with E-state index in [0.29, 0.717) is 11.4 Å². The zero-order valence-electron chi connectivity index (χ0n) is 10.7. The van der Waals surface area contributed by atoms with E-state index in [1.807, 2.05) is 0 Å². The maximum absolute atomic E-state index is 11.9. The van der Waals surface area contributed by atoms with Gasteiger partial charge in [0.2, 0.25) is 5.91 Å². The van der Waals surface area contributed by atoms with Gasteiger partial charge in [-0.25, -0.2) is 4.98 Å². The fourth-order valence-corrected chi connectivity index (χ4v) is 1.98. The van der Waals surface area contributed by atoms with Crippen molar-refractivity contribution in [1.29, 1.82) is 0 Å². The molecule has 0 spiro atoms. The number of carbonyl (C=O) groups is 2. The number of hydrogen-bond donors (Lipinski definition) is 1. The molecule has 1 heterocycles. The molecular formula is C15H10Br2N2O2. The summed E-state index contributed by atoms with van der Waals surface area (Å²) in [5.74, 6) is -0.222. The van der Waals surface area contributed by atoms with E-state index in [1.165, 1.54) is 12.2 Å². The molecule has 0 aliphatic rings. The minimum Gasteiger partial charge on any atom is -0.307 e. The van der Waals surface area contributed by atoms with Crippen LogP contribution in [0.15, 0.2) is 63.7 Å². The van der Waals surface area contributed by atoms with E-state index in [2.05, 4.69) is 42.2 Å². The number of hydrogen-bond acceptors (Lipinski definition) is 3. The topological polar surface area (TPSA) is 59.1 Å². The summed E-state index contributed by atoms with van der Waals surface area (Å²) in [5, 5.41) is 2.57. The van der Waals surface area contributed by atoms with Crippen molar-refractivity contribution in [3.63, 3.8) is 0 Å². The highest BCUT2D eigenvalue weighted by atomic mass is 79.9. The van der Waals surface area contributed by atoms with Crippen molar-refractivity contribution in [3.8, 4) is 0 Å². The van der Waals surface area contributed by atoms with Crippen LogP contribution in [-0.4, -0.2) is 16.7 Å². The van der Waals surface area contributed by atoms with Gasteiger partial charge in [0.1, 0.15) is 5.82 Å². The summed E-state index contributed by atoms with van der Waals surface area (Å²) in [6.07, 6.45) is 4.00. The number of nitrogens with one attached hydrogen (secondary N) is 1. The van der Waals surface area contributed by atoms with Gasteiger partial charge < -0.3 is 5.32 Å². The van der Waals surface area contributed by atoms with E-state index in [1.54, 1.807) is 42.6 Å². The molecule has 0 aliphatic heterocycles. The summed E-state index contributed by atoms with van der Waals surface area (Å²) in [5.41, 5.74) is 0.518. The van der Waals surface area contributed by atoms with Crippen LogP contribution in [0.1, 0.15) is 10.4 Å². The van der Waals surface area contributed by atoms with E-state index in [-0.39, 0.29) is 5.78 Å². The first-order chi connectivity index (χ1) is 10.0. The van der Waals surface area contributed by atoms with Crippen molar-refractivity contribution < 1.29 is 9.59 Å². The van der Waals surface area contributed by atoms with Gasteiger partial charge in [0, 0.05) is 26.8 Å². The van der Waals surface area contributed by atoms with Crippen LogP contribution in [-0.2, 0) is 4.79 Å². The average molecular weight is 410 g/mol. The molecule has 2 rings (SSSR count). The van der Waals surface area contributed by atoms with Crippen molar-refractivity contribution in [2.45, 2.75) is 0 Å². The van der Waals surface area contributed by atoms with E-state index in [9.17, 15) is 9.59 Å². The Balaban J connectivity index is 1.96. The van der Waals surface area contributed by atoms with Crippen molar-refractivity contribution in [1.82, 2.24) is 4.98 Å². The van der Waals surface area contributed by atoms with Crippen molar-refractivity contribution in [2.24, 2.45) is 0 Å². The minimum absolute atomic E-state index is 0.235. The number of allylic oxidation sites excluding steroid dienone is 1. The van der Waals surface area contributed by atoms with Crippen LogP contribution in [0.25, 0.3) is 0 Å². The number of benzene rings is 1. The number of pyridine rings is 1. The summed E-state index contributed by atoms with van der Waals surface area (Å²) < 4.78 is 1.71. The number of halogens is 2. The first-order valence-electron chi connectivity index (χ1n) is 5.95. The fraction of sp³-hybridized carbons (Fsp3) is 0. The predicted molar refractivity (Wildman–Crippen MR) is 88.2 cm³/mol. The van der Waals surface area contributed by atoms with E-state index in [4.69, 9.17) is 0 Å². The molecular weight excluding hydrogens is 400 g/mol. The van der Waals surface area contributed by atoms with Crippen LogP contribution >= 0.6 is 31.9 Å². The van der Waals surface area contributed by atoms with Gasteiger partial charge in [0.15, 0.2) is 5.78 Å². The lowest BCUT2D eigenvalue weighted by Crippen LogP contribution is -2.09. The Labute approximate surface area is 138 Å².